The molecule has 90 valence electrons. The van der Waals surface area contributed by atoms with Crippen LogP contribution in [-0.4, -0.2) is 24.8 Å². The van der Waals surface area contributed by atoms with Crippen LogP contribution in [0, 0.1) is 0 Å². The normalized spacial score (nSPS) is 10.5. The number of aromatic carboxylic acids is 1. The van der Waals surface area contributed by atoms with Gasteiger partial charge in [0.25, 0.3) is 0 Å². The first-order chi connectivity index (χ1) is 8.08. The molecule has 0 aliphatic heterocycles. The molecule has 5 heteroatoms. The van der Waals surface area contributed by atoms with E-state index < -0.39 is 5.97 Å². The van der Waals surface area contributed by atoms with E-state index in [1.165, 1.54) is 17.7 Å². The van der Waals surface area contributed by atoms with Crippen LogP contribution in [0.3, 0.4) is 0 Å². The van der Waals surface area contributed by atoms with Gasteiger partial charge in [-0.25, -0.2) is 0 Å². The summed E-state index contributed by atoms with van der Waals surface area (Å²) in [6.07, 6.45) is 0. The van der Waals surface area contributed by atoms with E-state index in [4.69, 9.17) is 9.47 Å². The summed E-state index contributed by atoms with van der Waals surface area (Å²) in [7, 11) is 4.73. The highest BCUT2D eigenvalue weighted by atomic mass is 16.5. The monoisotopic (exact) mass is 234 g/mol. The summed E-state index contributed by atoms with van der Waals surface area (Å²) in [5, 5.41) is 11.7. The summed E-state index contributed by atoms with van der Waals surface area (Å²) in [5.41, 5.74) is 0.826. The lowest BCUT2D eigenvalue weighted by molar-refractivity contribution is -0.255. The highest BCUT2D eigenvalue weighted by Gasteiger charge is 2.12. The van der Waals surface area contributed by atoms with Crippen molar-refractivity contribution < 1.29 is 19.4 Å². The van der Waals surface area contributed by atoms with Crippen LogP contribution < -0.4 is 14.6 Å². The Balaban J connectivity index is 2.81. The Morgan fingerprint density at radius 3 is 2.47 bits per heavy atom. The van der Waals surface area contributed by atoms with E-state index in [2.05, 4.69) is 0 Å². The number of methoxy groups -OCH3 is 2. The van der Waals surface area contributed by atoms with Gasteiger partial charge in [0.2, 0.25) is 0 Å². The zero-order valence-corrected chi connectivity index (χ0v) is 9.81. The van der Waals surface area contributed by atoms with E-state index in [0.29, 0.717) is 11.5 Å². The van der Waals surface area contributed by atoms with Gasteiger partial charge in [-0.1, -0.05) is 0 Å². The second-order valence-electron chi connectivity index (χ2n) is 3.64. The number of nitrogens with zero attached hydrogens (tertiary/aromatic N) is 1. The minimum atomic E-state index is -1.22. The summed E-state index contributed by atoms with van der Waals surface area (Å²) >= 11 is 0. The number of ether oxygens (including phenoxy) is 2. The van der Waals surface area contributed by atoms with Crippen LogP contribution >= 0.6 is 0 Å². The molecule has 1 heterocycles. The fourth-order valence-electron chi connectivity index (χ4n) is 1.86. The summed E-state index contributed by atoms with van der Waals surface area (Å²) in [6, 6.07) is 4.99. The first-order valence-corrected chi connectivity index (χ1v) is 5.01. The number of aromatic nitrogens is 1. The van der Waals surface area contributed by atoms with Gasteiger partial charge in [-0.2, -0.15) is 0 Å². The molecule has 0 unspecified atom stereocenters. The Labute approximate surface area is 98.2 Å². The van der Waals surface area contributed by atoms with E-state index in [9.17, 15) is 9.90 Å². The number of benzene rings is 1. The van der Waals surface area contributed by atoms with Crippen molar-refractivity contribution in [1.82, 2.24) is 4.57 Å². The van der Waals surface area contributed by atoms with Gasteiger partial charge >= 0.3 is 0 Å². The van der Waals surface area contributed by atoms with Gasteiger partial charge in [0.05, 0.1) is 31.4 Å². The molecule has 0 fully saturated rings. The minimum absolute atomic E-state index is 0.103. The zero-order chi connectivity index (χ0) is 12.6. The molecule has 0 spiro atoms. The number of carboxylic acid groups (broad SMARTS) is 1. The highest BCUT2D eigenvalue weighted by molar-refractivity contribution is 5.97. The molecule has 0 atom stereocenters. The number of hydrogen-bond acceptors (Lipinski definition) is 4. The Hall–Kier alpha value is -2.17. The van der Waals surface area contributed by atoms with Crippen molar-refractivity contribution in [2.75, 3.05) is 14.2 Å². The third-order valence-corrected chi connectivity index (χ3v) is 2.76. The third-order valence-electron chi connectivity index (χ3n) is 2.76. The van der Waals surface area contributed by atoms with E-state index in [-0.39, 0.29) is 5.69 Å². The lowest BCUT2D eigenvalue weighted by Crippen LogP contribution is -2.24. The molecule has 1 aromatic carbocycles. The Morgan fingerprint density at radius 1 is 1.24 bits per heavy atom. The molecule has 0 N–H and O–H groups in total. The lowest BCUT2D eigenvalue weighted by Gasteiger charge is -2.07. The zero-order valence-electron chi connectivity index (χ0n) is 9.81. The van der Waals surface area contributed by atoms with Crippen LogP contribution in [0.25, 0.3) is 10.9 Å². The maximum absolute atomic E-state index is 10.9. The van der Waals surface area contributed by atoms with Crippen molar-refractivity contribution >= 4 is 16.9 Å². The quantitative estimate of drug-likeness (QED) is 0.778. The molecule has 0 aliphatic rings. The smallest absolute Gasteiger partial charge is 0.131 e. The van der Waals surface area contributed by atoms with Crippen LogP contribution in [0.1, 0.15) is 10.5 Å². The fourth-order valence-corrected chi connectivity index (χ4v) is 1.86. The second-order valence-corrected chi connectivity index (χ2v) is 3.64. The first-order valence-electron chi connectivity index (χ1n) is 5.01. The molecule has 0 saturated heterocycles. The van der Waals surface area contributed by atoms with Crippen LogP contribution in [0.4, 0.5) is 0 Å². The number of fused-ring (bicyclic) bond motifs is 1. The molecule has 2 aromatic rings. The van der Waals surface area contributed by atoms with Gasteiger partial charge in [-0.05, 0) is 6.07 Å². The summed E-state index contributed by atoms with van der Waals surface area (Å²) in [5.74, 6) is -0.0346. The van der Waals surface area contributed by atoms with Gasteiger partial charge in [0, 0.05) is 24.6 Å². The van der Waals surface area contributed by atoms with Crippen molar-refractivity contribution in [3.8, 4) is 11.5 Å². The molecular formula is C12H12NO4-. The largest absolute Gasteiger partial charge is 0.543 e. The van der Waals surface area contributed by atoms with Crippen LogP contribution in [0.2, 0.25) is 0 Å². The van der Waals surface area contributed by atoms with Crippen molar-refractivity contribution in [2.45, 2.75) is 0 Å². The Kier molecular flexibility index (Phi) is 2.67. The first kappa shape index (κ1) is 11.3. The average molecular weight is 234 g/mol. The van der Waals surface area contributed by atoms with Gasteiger partial charge in [0.15, 0.2) is 0 Å². The number of aryl methyl sites for hydroxylation is 1. The van der Waals surface area contributed by atoms with Crippen LogP contribution in [0.15, 0.2) is 18.2 Å². The molecule has 0 radical (unpaired) electrons. The summed E-state index contributed by atoms with van der Waals surface area (Å²) in [4.78, 5) is 10.9. The molecule has 1 aromatic heterocycles. The maximum atomic E-state index is 10.9. The molecule has 2 rings (SSSR count). The van der Waals surface area contributed by atoms with E-state index in [0.717, 1.165) is 10.9 Å². The van der Waals surface area contributed by atoms with Gasteiger partial charge in [0.1, 0.15) is 11.5 Å². The molecule has 0 aliphatic carbocycles. The Morgan fingerprint density at radius 2 is 1.94 bits per heavy atom. The highest BCUT2D eigenvalue weighted by Crippen LogP contribution is 2.32. The van der Waals surface area contributed by atoms with Crippen LogP contribution in [0.5, 0.6) is 11.5 Å². The number of rotatable bonds is 3. The standard InChI is InChI=1S/C12H13NO4/c1-13-9-4-7(16-2)5-11(17-3)8(9)6-10(13)12(14)15/h4-6H,1-3H3,(H,14,15)/p-1. The minimum Gasteiger partial charge on any atom is -0.543 e. The predicted molar refractivity (Wildman–Crippen MR) is 60.4 cm³/mol. The van der Waals surface area contributed by atoms with Crippen molar-refractivity contribution in [3.05, 3.63) is 23.9 Å². The van der Waals surface area contributed by atoms with Crippen molar-refractivity contribution in [1.29, 1.82) is 0 Å². The lowest BCUT2D eigenvalue weighted by atomic mass is 10.2. The van der Waals surface area contributed by atoms with E-state index in [1.807, 2.05) is 0 Å². The molecule has 17 heavy (non-hydrogen) atoms. The number of carbonyl (C=O) groups is 1. The molecule has 0 bridgehead atoms. The van der Waals surface area contributed by atoms with Crippen LogP contribution in [-0.2, 0) is 7.05 Å². The molecular weight excluding hydrogens is 222 g/mol. The summed E-state index contributed by atoms with van der Waals surface area (Å²) in [6.45, 7) is 0. The third kappa shape index (κ3) is 1.69. The number of hydrogen-bond donors (Lipinski definition) is 0. The number of carboxylic acids is 1. The fraction of sp³-hybridized carbons (Fsp3) is 0.250. The maximum Gasteiger partial charge on any atom is 0.131 e. The van der Waals surface area contributed by atoms with E-state index in [1.54, 1.807) is 26.3 Å². The average Bonchev–Trinajstić information content (AvgIpc) is 2.66. The van der Waals surface area contributed by atoms with Crippen molar-refractivity contribution in [3.63, 3.8) is 0 Å². The van der Waals surface area contributed by atoms with Gasteiger partial charge in [-0.15, -0.1) is 0 Å². The summed E-state index contributed by atoms with van der Waals surface area (Å²) < 4.78 is 11.9. The molecule has 0 amide bonds. The SMILES string of the molecule is COc1cc(OC)c2cc(C(=O)[O-])n(C)c2c1. The van der Waals surface area contributed by atoms with Gasteiger partial charge < -0.3 is 23.9 Å². The molecule has 5 nitrogen and oxygen atoms in total. The number of carbonyl (C=O) groups excluding carboxylic acids is 1. The predicted octanol–water partition coefficient (Wildman–Crippen LogP) is 0.559. The van der Waals surface area contributed by atoms with Crippen molar-refractivity contribution in [2.24, 2.45) is 7.05 Å². The Bertz CT molecular complexity index is 586. The molecule has 0 saturated carbocycles. The van der Waals surface area contributed by atoms with Gasteiger partial charge in [-0.3, -0.25) is 0 Å². The topological polar surface area (TPSA) is 63.5 Å². The second kappa shape index (κ2) is 4.01. The van der Waals surface area contributed by atoms with E-state index >= 15 is 0 Å².